The molecule has 3 unspecified atom stereocenters. The summed E-state index contributed by atoms with van der Waals surface area (Å²) in [7, 11) is 0. The minimum Gasteiger partial charge on any atom is -0.454 e. The molecule has 2 bridgehead atoms. The van der Waals surface area contributed by atoms with Crippen LogP contribution in [0.1, 0.15) is 45.6 Å². The maximum atomic E-state index is 13.1. The predicted octanol–water partition coefficient (Wildman–Crippen LogP) is 2.61. The highest BCUT2D eigenvalue weighted by Crippen LogP contribution is 2.72. The quantitative estimate of drug-likeness (QED) is 0.893. The molecule has 2 saturated carbocycles. The fourth-order valence-corrected chi connectivity index (χ4v) is 5.03. The van der Waals surface area contributed by atoms with Gasteiger partial charge in [0.05, 0.1) is 11.5 Å². The van der Waals surface area contributed by atoms with Gasteiger partial charge in [-0.25, -0.2) is 0 Å². The van der Waals surface area contributed by atoms with Gasteiger partial charge in [-0.2, -0.15) is 0 Å². The van der Waals surface area contributed by atoms with Crippen molar-refractivity contribution in [3.05, 3.63) is 23.8 Å². The van der Waals surface area contributed by atoms with E-state index >= 15 is 0 Å². The third-order valence-electron chi connectivity index (χ3n) is 7.30. The molecule has 4 rings (SSSR count). The van der Waals surface area contributed by atoms with Crippen LogP contribution < -0.4 is 14.8 Å². The minimum atomic E-state index is -0.475. The molecule has 130 valence electrons. The Morgan fingerprint density at radius 1 is 1.25 bits per heavy atom. The molecule has 24 heavy (non-hydrogen) atoms. The van der Waals surface area contributed by atoms with Gasteiger partial charge in [0.2, 0.25) is 12.7 Å². The maximum absolute atomic E-state index is 13.1. The molecule has 5 heteroatoms. The fraction of sp³-hybridized carbons (Fsp3) is 0.632. The molecule has 2 N–H and O–H groups in total. The number of fused-ring (bicyclic) bond motifs is 3. The second-order valence-corrected chi connectivity index (χ2v) is 8.21. The zero-order valence-electron chi connectivity index (χ0n) is 14.5. The van der Waals surface area contributed by atoms with Crippen molar-refractivity contribution in [2.75, 3.05) is 6.79 Å². The highest BCUT2D eigenvalue weighted by atomic mass is 16.7. The van der Waals surface area contributed by atoms with Crippen LogP contribution in [-0.4, -0.2) is 23.9 Å². The van der Waals surface area contributed by atoms with Gasteiger partial charge < -0.3 is 19.9 Å². The van der Waals surface area contributed by atoms with E-state index in [0.717, 1.165) is 29.9 Å². The summed E-state index contributed by atoms with van der Waals surface area (Å²) in [6.07, 6.45) is 1.90. The summed E-state index contributed by atoms with van der Waals surface area (Å²) < 4.78 is 10.7. The molecule has 1 amide bonds. The molecular weight excluding hydrogens is 306 g/mol. The Kier molecular flexibility index (Phi) is 3.21. The molecule has 3 atom stereocenters. The Bertz CT molecular complexity index is 701. The molecule has 0 spiro atoms. The molecule has 1 aliphatic heterocycles. The van der Waals surface area contributed by atoms with Crippen LogP contribution in [0.15, 0.2) is 18.2 Å². The van der Waals surface area contributed by atoms with Gasteiger partial charge in [0.25, 0.3) is 0 Å². The molecule has 0 aromatic heterocycles. The van der Waals surface area contributed by atoms with Gasteiger partial charge in [-0.05, 0) is 47.8 Å². The molecule has 5 nitrogen and oxygen atoms in total. The lowest BCUT2D eigenvalue weighted by Crippen LogP contribution is -2.46. The highest BCUT2D eigenvalue weighted by Gasteiger charge is 2.72. The number of carbonyl (C=O) groups excluding carboxylic acids is 1. The molecule has 2 aliphatic carbocycles. The van der Waals surface area contributed by atoms with Crippen molar-refractivity contribution in [3.8, 4) is 11.5 Å². The van der Waals surface area contributed by atoms with Gasteiger partial charge in [-0.3, -0.25) is 4.79 Å². The maximum Gasteiger partial charge on any atom is 0.231 e. The first-order valence-electron chi connectivity index (χ1n) is 8.65. The molecule has 0 saturated heterocycles. The van der Waals surface area contributed by atoms with Crippen molar-refractivity contribution in [2.45, 2.75) is 52.7 Å². The van der Waals surface area contributed by atoms with Crippen LogP contribution in [-0.2, 0) is 11.3 Å². The van der Waals surface area contributed by atoms with E-state index in [1.165, 1.54) is 0 Å². The van der Waals surface area contributed by atoms with Crippen molar-refractivity contribution in [1.29, 1.82) is 0 Å². The number of benzene rings is 1. The van der Waals surface area contributed by atoms with E-state index in [-0.39, 0.29) is 23.5 Å². The normalized spacial score (nSPS) is 35.2. The number of aliphatic hydroxyl groups excluding tert-OH is 1. The standard InChI is InChI=1S/C19H25NO4/c1-17(2)18(3)6-7-19(17,9-15(18)21)16(22)20-10-12-4-5-13-14(8-12)24-11-23-13/h4-5,8,15,21H,6-7,9-11H2,1-3H3,(H,20,22). The molecule has 1 aromatic rings. The van der Waals surface area contributed by atoms with E-state index in [1.807, 2.05) is 18.2 Å². The molecule has 2 fully saturated rings. The van der Waals surface area contributed by atoms with Crippen LogP contribution in [0.5, 0.6) is 11.5 Å². The van der Waals surface area contributed by atoms with Crippen molar-refractivity contribution in [3.63, 3.8) is 0 Å². The Hall–Kier alpha value is -1.75. The Morgan fingerprint density at radius 3 is 2.67 bits per heavy atom. The molecule has 1 aromatic carbocycles. The monoisotopic (exact) mass is 331 g/mol. The SMILES string of the molecule is CC12CCC(C(=O)NCc3ccc4c(c3)OCO4)(CC1O)C2(C)C. The van der Waals surface area contributed by atoms with Crippen LogP contribution in [0.3, 0.4) is 0 Å². The summed E-state index contributed by atoms with van der Waals surface area (Å²) >= 11 is 0. The van der Waals surface area contributed by atoms with Crippen molar-refractivity contribution >= 4 is 5.91 Å². The van der Waals surface area contributed by atoms with Gasteiger partial charge in [-0.15, -0.1) is 0 Å². The number of amides is 1. The second-order valence-electron chi connectivity index (χ2n) is 8.21. The summed E-state index contributed by atoms with van der Waals surface area (Å²) in [6, 6.07) is 5.73. The first kappa shape index (κ1) is 15.8. The number of nitrogens with one attached hydrogen (secondary N) is 1. The first-order chi connectivity index (χ1) is 11.3. The van der Waals surface area contributed by atoms with Crippen molar-refractivity contribution in [2.24, 2.45) is 16.2 Å². The number of hydrogen-bond donors (Lipinski definition) is 2. The number of hydrogen-bond acceptors (Lipinski definition) is 4. The number of rotatable bonds is 3. The van der Waals surface area contributed by atoms with Gasteiger partial charge in [0, 0.05) is 6.54 Å². The lowest BCUT2D eigenvalue weighted by molar-refractivity contribution is -0.136. The number of ether oxygens (including phenoxy) is 2. The molecule has 1 heterocycles. The van der Waals surface area contributed by atoms with E-state index in [9.17, 15) is 9.90 Å². The smallest absolute Gasteiger partial charge is 0.231 e. The van der Waals surface area contributed by atoms with Crippen molar-refractivity contribution in [1.82, 2.24) is 5.32 Å². The highest BCUT2D eigenvalue weighted by molar-refractivity contribution is 5.85. The summed E-state index contributed by atoms with van der Waals surface area (Å²) in [6.45, 7) is 7.10. The second kappa shape index (κ2) is 4.88. The minimum absolute atomic E-state index is 0.0606. The van der Waals surface area contributed by atoms with E-state index in [0.29, 0.717) is 13.0 Å². The molecule has 3 aliphatic rings. The summed E-state index contributed by atoms with van der Waals surface area (Å²) in [5.41, 5.74) is 0.125. The summed E-state index contributed by atoms with van der Waals surface area (Å²) in [4.78, 5) is 13.1. The van der Waals surface area contributed by atoms with Crippen LogP contribution in [0.4, 0.5) is 0 Å². The third kappa shape index (κ3) is 1.82. The van der Waals surface area contributed by atoms with Gasteiger partial charge in [-0.1, -0.05) is 26.8 Å². The average molecular weight is 331 g/mol. The molecular formula is C19H25NO4. The van der Waals surface area contributed by atoms with E-state index in [1.54, 1.807) is 0 Å². The van der Waals surface area contributed by atoms with E-state index in [4.69, 9.17) is 9.47 Å². The lowest BCUT2D eigenvalue weighted by Gasteiger charge is -2.40. The van der Waals surface area contributed by atoms with Crippen LogP contribution in [0.25, 0.3) is 0 Å². The number of aliphatic hydroxyl groups is 1. The topological polar surface area (TPSA) is 67.8 Å². The van der Waals surface area contributed by atoms with Crippen LogP contribution >= 0.6 is 0 Å². The fourth-order valence-electron chi connectivity index (χ4n) is 5.03. The predicted molar refractivity (Wildman–Crippen MR) is 88.6 cm³/mol. The van der Waals surface area contributed by atoms with E-state index < -0.39 is 11.5 Å². The Balaban J connectivity index is 1.51. The number of carbonyl (C=O) groups is 1. The zero-order chi connectivity index (χ0) is 17.2. The average Bonchev–Trinajstić information content (AvgIpc) is 3.13. The van der Waals surface area contributed by atoms with Crippen molar-refractivity contribution < 1.29 is 19.4 Å². The van der Waals surface area contributed by atoms with Gasteiger partial charge in [0.15, 0.2) is 11.5 Å². The third-order valence-corrected chi connectivity index (χ3v) is 7.30. The lowest BCUT2D eigenvalue weighted by atomic mass is 9.64. The summed E-state index contributed by atoms with van der Waals surface area (Å²) in [5, 5.41) is 13.6. The Morgan fingerprint density at radius 2 is 2.00 bits per heavy atom. The summed E-state index contributed by atoms with van der Waals surface area (Å²) in [5.74, 6) is 1.53. The van der Waals surface area contributed by atoms with Gasteiger partial charge >= 0.3 is 0 Å². The largest absolute Gasteiger partial charge is 0.454 e. The Labute approximate surface area is 142 Å². The van der Waals surface area contributed by atoms with Crippen LogP contribution in [0.2, 0.25) is 0 Å². The van der Waals surface area contributed by atoms with E-state index in [2.05, 4.69) is 26.1 Å². The van der Waals surface area contributed by atoms with Crippen LogP contribution in [0, 0.1) is 16.2 Å². The first-order valence-corrected chi connectivity index (χ1v) is 8.65. The van der Waals surface area contributed by atoms with Gasteiger partial charge in [0.1, 0.15) is 0 Å². The molecule has 0 radical (unpaired) electrons. The zero-order valence-corrected chi connectivity index (χ0v) is 14.5.